The van der Waals surface area contributed by atoms with Crippen molar-refractivity contribution in [2.45, 2.75) is 30.2 Å². The van der Waals surface area contributed by atoms with Crippen LogP contribution in [0.4, 0.5) is 0 Å². The van der Waals surface area contributed by atoms with Gasteiger partial charge in [0.1, 0.15) is 5.75 Å². The van der Waals surface area contributed by atoms with Crippen LogP contribution in [0.3, 0.4) is 0 Å². The minimum atomic E-state index is -3.65. The van der Waals surface area contributed by atoms with Crippen molar-refractivity contribution in [1.29, 1.82) is 0 Å². The van der Waals surface area contributed by atoms with Crippen LogP contribution in [0, 0.1) is 5.92 Å². The third-order valence-corrected chi connectivity index (χ3v) is 8.04. The Morgan fingerprint density at radius 3 is 2.48 bits per heavy atom. The first-order valence-corrected chi connectivity index (χ1v) is 12.6. The van der Waals surface area contributed by atoms with Crippen LogP contribution in [0.2, 0.25) is 5.02 Å². The van der Waals surface area contributed by atoms with E-state index in [0.717, 1.165) is 11.3 Å². The number of amides is 1. The smallest absolute Gasteiger partial charge is 0.309 e. The van der Waals surface area contributed by atoms with Crippen molar-refractivity contribution in [2.75, 3.05) is 26.3 Å². The SMILES string of the molecule is O=C(COC(=O)C1CCN(S(=O)(=O)c2ccc(Cl)cc2)CC1)NC1CCOc2ccccc21. The van der Waals surface area contributed by atoms with Crippen molar-refractivity contribution in [2.24, 2.45) is 5.92 Å². The summed E-state index contributed by atoms with van der Waals surface area (Å²) < 4.78 is 37.7. The second kappa shape index (κ2) is 10.1. The van der Waals surface area contributed by atoms with Gasteiger partial charge in [-0.25, -0.2) is 8.42 Å². The largest absolute Gasteiger partial charge is 0.493 e. The molecule has 10 heteroatoms. The van der Waals surface area contributed by atoms with Crippen molar-refractivity contribution in [1.82, 2.24) is 9.62 Å². The molecule has 0 radical (unpaired) electrons. The van der Waals surface area contributed by atoms with Gasteiger partial charge in [0.25, 0.3) is 5.91 Å². The molecule has 176 valence electrons. The maximum Gasteiger partial charge on any atom is 0.309 e. The summed E-state index contributed by atoms with van der Waals surface area (Å²) in [6.07, 6.45) is 1.30. The van der Waals surface area contributed by atoms with E-state index in [1.54, 1.807) is 0 Å². The first-order chi connectivity index (χ1) is 15.8. The number of ether oxygens (including phenoxy) is 2. The van der Waals surface area contributed by atoms with Gasteiger partial charge in [0, 0.05) is 30.1 Å². The number of piperidine rings is 1. The van der Waals surface area contributed by atoms with Crippen LogP contribution in [0.15, 0.2) is 53.4 Å². The molecule has 2 aliphatic rings. The number of carbonyl (C=O) groups excluding carboxylic acids is 2. The molecule has 0 aromatic heterocycles. The fourth-order valence-corrected chi connectivity index (χ4v) is 5.67. The molecule has 0 bridgehead atoms. The number of halogens is 1. The van der Waals surface area contributed by atoms with Gasteiger partial charge in [-0.3, -0.25) is 9.59 Å². The van der Waals surface area contributed by atoms with Crippen LogP contribution < -0.4 is 10.1 Å². The standard InChI is InChI=1S/C23H25ClN2O6S/c24-17-5-7-18(8-6-17)33(29,30)26-12-9-16(10-13-26)23(28)32-15-22(27)25-20-11-14-31-21-4-2-1-3-19(20)21/h1-8,16,20H,9-15H2,(H,25,27). The molecule has 1 atom stereocenters. The number of carbonyl (C=O) groups is 2. The highest BCUT2D eigenvalue weighted by molar-refractivity contribution is 7.89. The first kappa shape index (κ1) is 23.5. The van der Waals surface area contributed by atoms with Gasteiger partial charge in [-0.2, -0.15) is 4.31 Å². The Bertz CT molecular complexity index is 1110. The Morgan fingerprint density at radius 1 is 1.06 bits per heavy atom. The highest BCUT2D eigenvalue weighted by atomic mass is 35.5. The van der Waals surface area contributed by atoms with E-state index in [9.17, 15) is 18.0 Å². The van der Waals surface area contributed by atoms with Crippen molar-refractivity contribution in [3.8, 4) is 5.75 Å². The van der Waals surface area contributed by atoms with Gasteiger partial charge >= 0.3 is 5.97 Å². The van der Waals surface area contributed by atoms with Crippen LogP contribution in [-0.2, 0) is 24.3 Å². The van der Waals surface area contributed by atoms with Crippen LogP contribution in [0.5, 0.6) is 5.75 Å². The molecule has 1 amide bonds. The Morgan fingerprint density at radius 2 is 1.76 bits per heavy atom. The maximum atomic E-state index is 12.8. The summed E-state index contributed by atoms with van der Waals surface area (Å²) in [4.78, 5) is 25.0. The summed E-state index contributed by atoms with van der Waals surface area (Å²) in [6, 6.07) is 13.3. The Hall–Kier alpha value is -2.62. The molecule has 0 aliphatic carbocycles. The zero-order valence-corrected chi connectivity index (χ0v) is 19.5. The second-order valence-electron chi connectivity index (χ2n) is 8.04. The average Bonchev–Trinajstić information content (AvgIpc) is 2.83. The van der Waals surface area contributed by atoms with Gasteiger partial charge in [-0.15, -0.1) is 0 Å². The molecule has 2 heterocycles. The predicted octanol–water partition coefficient (Wildman–Crippen LogP) is 2.92. The molecule has 0 saturated carbocycles. The summed E-state index contributed by atoms with van der Waals surface area (Å²) in [6.45, 7) is 0.534. The number of sulfonamides is 1. The molecular formula is C23H25ClN2O6S. The predicted molar refractivity (Wildman–Crippen MR) is 121 cm³/mol. The van der Waals surface area contributed by atoms with E-state index >= 15 is 0 Å². The van der Waals surface area contributed by atoms with Gasteiger partial charge in [0.05, 0.1) is 23.5 Å². The number of hydrogen-bond acceptors (Lipinski definition) is 6. The lowest BCUT2D eigenvalue weighted by Crippen LogP contribution is -2.41. The van der Waals surface area contributed by atoms with Crippen LogP contribution >= 0.6 is 11.6 Å². The molecule has 4 rings (SSSR count). The normalized spacial score (nSPS) is 19.2. The molecule has 33 heavy (non-hydrogen) atoms. The molecule has 2 aromatic rings. The zero-order chi connectivity index (χ0) is 23.4. The van der Waals surface area contributed by atoms with Crippen LogP contribution in [0.25, 0.3) is 0 Å². The van der Waals surface area contributed by atoms with Crippen LogP contribution in [0.1, 0.15) is 30.9 Å². The fourth-order valence-electron chi connectivity index (χ4n) is 4.07. The van der Waals surface area contributed by atoms with Gasteiger partial charge in [-0.1, -0.05) is 29.8 Å². The fraction of sp³-hybridized carbons (Fsp3) is 0.391. The molecular weight excluding hydrogens is 468 g/mol. The number of rotatable bonds is 6. The van der Waals surface area contributed by atoms with Gasteiger partial charge in [-0.05, 0) is 43.2 Å². The third-order valence-electron chi connectivity index (χ3n) is 5.88. The first-order valence-electron chi connectivity index (χ1n) is 10.8. The zero-order valence-electron chi connectivity index (χ0n) is 17.9. The Kier molecular flexibility index (Phi) is 7.21. The van der Waals surface area contributed by atoms with E-state index < -0.39 is 21.9 Å². The lowest BCUT2D eigenvalue weighted by atomic mass is 9.98. The van der Waals surface area contributed by atoms with E-state index in [4.69, 9.17) is 21.1 Å². The number of benzene rings is 2. The molecule has 1 fully saturated rings. The quantitative estimate of drug-likeness (QED) is 0.622. The van der Waals surface area contributed by atoms with Gasteiger partial charge in [0.15, 0.2) is 6.61 Å². The van der Waals surface area contributed by atoms with E-state index in [0.29, 0.717) is 30.9 Å². The summed E-state index contributed by atoms with van der Waals surface area (Å²) in [5.41, 5.74) is 0.901. The third kappa shape index (κ3) is 5.48. The number of nitrogens with zero attached hydrogens (tertiary/aromatic N) is 1. The lowest BCUT2D eigenvalue weighted by molar-refractivity contribution is -0.153. The molecule has 2 aromatic carbocycles. The monoisotopic (exact) mass is 492 g/mol. The molecule has 1 saturated heterocycles. The van der Waals surface area contributed by atoms with Crippen molar-refractivity contribution < 1.29 is 27.5 Å². The van der Waals surface area contributed by atoms with E-state index in [1.165, 1.54) is 28.6 Å². The van der Waals surface area contributed by atoms with Crippen molar-refractivity contribution >= 4 is 33.5 Å². The Balaban J connectivity index is 1.25. The van der Waals surface area contributed by atoms with Gasteiger partial charge < -0.3 is 14.8 Å². The topological polar surface area (TPSA) is 102 Å². The van der Waals surface area contributed by atoms with E-state index in [2.05, 4.69) is 5.32 Å². The van der Waals surface area contributed by atoms with Crippen molar-refractivity contribution in [3.63, 3.8) is 0 Å². The second-order valence-corrected chi connectivity index (χ2v) is 10.4. The Labute approximate surface area is 197 Å². The maximum absolute atomic E-state index is 12.8. The van der Waals surface area contributed by atoms with Crippen LogP contribution in [-0.4, -0.2) is 50.9 Å². The average molecular weight is 493 g/mol. The minimum absolute atomic E-state index is 0.166. The summed E-state index contributed by atoms with van der Waals surface area (Å²) in [7, 11) is -3.65. The molecule has 0 spiro atoms. The molecule has 8 nitrogen and oxygen atoms in total. The minimum Gasteiger partial charge on any atom is -0.493 e. The highest BCUT2D eigenvalue weighted by Gasteiger charge is 2.33. The molecule has 1 unspecified atom stereocenters. The molecule has 1 N–H and O–H groups in total. The molecule has 2 aliphatic heterocycles. The lowest BCUT2D eigenvalue weighted by Gasteiger charge is -2.30. The number of hydrogen-bond donors (Lipinski definition) is 1. The summed E-state index contributed by atoms with van der Waals surface area (Å²) >= 11 is 5.84. The number of nitrogens with one attached hydrogen (secondary N) is 1. The highest BCUT2D eigenvalue weighted by Crippen LogP contribution is 2.31. The summed E-state index contributed by atoms with van der Waals surface area (Å²) in [5, 5.41) is 3.35. The van der Waals surface area contributed by atoms with E-state index in [-0.39, 0.29) is 36.5 Å². The number of esters is 1. The number of para-hydroxylation sites is 1. The van der Waals surface area contributed by atoms with Crippen molar-refractivity contribution in [3.05, 3.63) is 59.1 Å². The van der Waals surface area contributed by atoms with E-state index in [1.807, 2.05) is 24.3 Å². The van der Waals surface area contributed by atoms with Gasteiger partial charge in [0.2, 0.25) is 10.0 Å². The summed E-state index contributed by atoms with van der Waals surface area (Å²) in [5.74, 6) is -0.571. The number of fused-ring (bicyclic) bond motifs is 1.